The van der Waals surface area contributed by atoms with Crippen LogP contribution in [0.2, 0.25) is 0 Å². The van der Waals surface area contributed by atoms with E-state index in [1.54, 1.807) is 0 Å². The molecule has 3 nitrogen and oxygen atoms in total. The summed E-state index contributed by atoms with van der Waals surface area (Å²) < 4.78 is 21.1. The van der Waals surface area contributed by atoms with Gasteiger partial charge in [-0.2, -0.15) is 0 Å². The van der Waals surface area contributed by atoms with Crippen molar-refractivity contribution in [2.24, 2.45) is 0 Å². The zero-order valence-corrected chi connectivity index (χ0v) is 6.37. The Labute approximate surface area is 58.8 Å². The molecule has 0 aliphatic carbocycles. The first kappa shape index (κ1) is 7.31. The molecule has 0 spiro atoms. The van der Waals surface area contributed by atoms with Gasteiger partial charge in [0.15, 0.2) is 0 Å². The molecule has 1 N–H and O–H groups in total. The quantitative estimate of drug-likeness (QED) is 0.573. The Morgan fingerprint density at radius 2 is 2.22 bits per heavy atom. The van der Waals surface area contributed by atoms with Crippen LogP contribution in [0.3, 0.4) is 0 Å². The van der Waals surface area contributed by atoms with Crippen LogP contribution in [-0.2, 0) is 9.05 Å². The summed E-state index contributed by atoms with van der Waals surface area (Å²) in [5.41, 5.74) is 0. The number of nitrogens with one attached hydrogen (secondary N) is 1. The number of rotatable bonds is 1. The Balaban J connectivity index is 2.63. The van der Waals surface area contributed by atoms with Crippen molar-refractivity contribution in [1.29, 1.82) is 0 Å². The third-order valence-corrected chi connectivity index (χ3v) is 3.08. The fraction of sp³-hybridized carbons (Fsp3) is 1.00. The van der Waals surface area contributed by atoms with Gasteiger partial charge in [0.1, 0.15) is 5.37 Å². The minimum absolute atomic E-state index is 0.501. The molecule has 5 heteroatoms. The monoisotopic (exact) mass is 169 g/mol. The summed E-state index contributed by atoms with van der Waals surface area (Å²) in [6, 6.07) is 0. The van der Waals surface area contributed by atoms with Crippen molar-refractivity contribution in [2.45, 2.75) is 18.2 Å². The van der Waals surface area contributed by atoms with E-state index in [9.17, 15) is 8.42 Å². The van der Waals surface area contributed by atoms with Gasteiger partial charge >= 0.3 is 0 Å². The predicted molar refractivity (Wildman–Crippen MR) is 35.8 cm³/mol. The zero-order valence-electron chi connectivity index (χ0n) is 4.80. The minimum Gasteiger partial charge on any atom is -0.300 e. The van der Waals surface area contributed by atoms with Gasteiger partial charge in [-0.25, -0.2) is 8.42 Å². The SMILES string of the molecule is O=S(=O)(Cl)C1CCCN1. The highest BCUT2D eigenvalue weighted by molar-refractivity contribution is 8.14. The molecule has 0 aromatic heterocycles. The fourth-order valence-electron chi connectivity index (χ4n) is 0.893. The van der Waals surface area contributed by atoms with Crippen LogP contribution in [0.15, 0.2) is 0 Å². The Morgan fingerprint density at radius 1 is 1.56 bits per heavy atom. The molecule has 54 valence electrons. The van der Waals surface area contributed by atoms with E-state index in [0.29, 0.717) is 6.42 Å². The standard InChI is InChI=1S/C4H8ClNO2S/c5-9(7,8)4-2-1-3-6-4/h4,6H,1-3H2. The highest BCUT2D eigenvalue weighted by Crippen LogP contribution is 2.14. The van der Waals surface area contributed by atoms with Crippen LogP contribution in [0, 0.1) is 0 Å². The van der Waals surface area contributed by atoms with Crippen molar-refractivity contribution in [3.63, 3.8) is 0 Å². The second kappa shape index (κ2) is 2.44. The molecule has 0 aromatic carbocycles. The Kier molecular flexibility index (Phi) is 1.98. The molecule has 0 amide bonds. The maximum absolute atomic E-state index is 10.5. The van der Waals surface area contributed by atoms with E-state index in [-0.39, 0.29) is 0 Å². The molecule has 1 unspecified atom stereocenters. The molecule has 0 aromatic rings. The first-order chi connectivity index (χ1) is 4.11. The van der Waals surface area contributed by atoms with Crippen LogP contribution < -0.4 is 5.32 Å². The summed E-state index contributed by atoms with van der Waals surface area (Å²) in [6.07, 6.45) is 1.54. The molecule has 1 aliphatic heterocycles. The highest BCUT2D eigenvalue weighted by Gasteiger charge is 2.25. The number of halogens is 1. The minimum atomic E-state index is -3.34. The van der Waals surface area contributed by atoms with Crippen molar-refractivity contribution in [3.05, 3.63) is 0 Å². The van der Waals surface area contributed by atoms with Gasteiger partial charge in [0.2, 0.25) is 9.05 Å². The molecule has 1 saturated heterocycles. The van der Waals surface area contributed by atoms with Gasteiger partial charge in [0.25, 0.3) is 0 Å². The molecular weight excluding hydrogens is 162 g/mol. The molecule has 1 aliphatic rings. The lowest BCUT2D eigenvalue weighted by Gasteiger charge is -2.02. The van der Waals surface area contributed by atoms with E-state index in [4.69, 9.17) is 10.7 Å². The van der Waals surface area contributed by atoms with Crippen LogP contribution in [-0.4, -0.2) is 20.3 Å². The van der Waals surface area contributed by atoms with Gasteiger partial charge in [-0.3, -0.25) is 0 Å². The summed E-state index contributed by atoms with van der Waals surface area (Å²) in [5.74, 6) is 0. The smallest absolute Gasteiger partial charge is 0.248 e. The summed E-state index contributed by atoms with van der Waals surface area (Å²) in [6.45, 7) is 0.761. The van der Waals surface area contributed by atoms with E-state index in [0.717, 1.165) is 13.0 Å². The maximum atomic E-state index is 10.5. The third kappa shape index (κ3) is 1.81. The maximum Gasteiger partial charge on any atom is 0.248 e. The van der Waals surface area contributed by atoms with E-state index in [1.165, 1.54) is 0 Å². The second-order valence-corrected chi connectivity index (χ2v) is 4.87. The molecule has 0 bridgehead atoms. The number of hydrogen-bond acceptors (Lipinski definition) is 3. The lowest BCUT2D eigenvalue weighted by Crippen LogP contribution is -2.26. The predicted octanol–water partition coefficient (Wildman–Crippen LogP) is 0.265. The van der Waals surface area contributed by atoms with Crippen LogP contribution in [0.1, 0.15) is 12.8 Å². The first-order valence-electron chi connectivity index (χ1n) is 2.77. The summed E-state index contributed by atoms with van der Waals surface area (Å²) in [4.78, 5) is 0. The molecule has 1 atom stereocenters. The van der Waals surface area contributed by atoms with E-state index in [2.05, 4.69) is 5.32 Å². The zero-order chi connectivity index (χ0) is 6.91. The highest BCUT2D eigenvalue weighted by atomic mass is 35.7. The average Bonchev–Trinajstić information content (AvgIpc) is 2.08. The van der Waals surface area contributed by atoms with Crippen molar-refractivity contribution >= 4 is 19.7 Å². The number of hydrogen-bond donors (Lipinski definition) is 1. The lowest BCUT2D eigenvalue weighted by molar-refractivity contribution is 0.586. The molecule has 1 rings (SSSR count). The van der Waals surface area contributed by atoms with Crippen LogP contribution >= 0.6 is 10.7 Å². The average molecular weight is 170 g/mol. The van der Waals surface area contributed by atoms with Gasteiger partial charge in [-0.15, -0.1) is 0 Å². The molecule has 1 heterocycles. The van der Waals surface area contributed by atoms with Crippen molar-refractivity contribution in [1.82, 2.24) is 5.32 Å². The summed E-state index contributed by atoms with van der Waals surface area (Å²) >= 11 is 0. The van der Waals surface area contributed by atoms with Crippen LogP contribution in [0.5, 0.6) is 0 Å². The van der Waals surface area contributed by atoms with Gasteiger partial charge in [-0.1, -0.05) is 0 Å². The third-order valence-electron chi connectivity index (χ3n) is 1.35. The lowest BCUT2D eigenvalue weighted by atomic mass is 10.4. The normalized spacial score (nSPS) is 28.8. The first-order valence-corrected chi connectivity index (χ1v) is 5.15. The van der Waals surface area contributed by atoms with Gasteiger partial charge in [0, 0.05) is 10.7 Å². The Hall–Kier alpha value is 0.200. The van der Waals surface area contributed by atoms with Crippen LogP contribution in [0.25, 0.3) is 0 Å². The van der Waals surface area contributed by atoms with Crippen LogP contribution in [0.4, 0.5) is 0 Å². The molecule has 1 fully saturated rings. The van der Waals surface area contributed by atoms with E-state index < -0.39 is 14.4 Å². The molecule has 9 heavy (non-hydrogen) atoms. The van der Waals surface area contributed by atoms with Gasteiger partial charge < -0.3 is 5.32 Å². The van der Waals surface area contributed by atoms with Crippen molar-refractivity contribution in [3.8, 4) is 0 Å². The van der Waals surface area contributed by atoms with Crippen molar-refractivity contribution in [2.75, 3.05) is 6.54 Å². The Morgan fingerprint density at radius 3 is 2.44 bits per heavy atom. The summed E-state index contributed by atoms with van der Waals surface area (Å²) in [5, 5.41) is 2.28. The second-order valence-electron chi connectivity index (χ2n) is 2.06. The van der Waals surface area contributed by atoms with Gasteiger partial charge in [-0.05, 0) is 19.4 Å². The van der Waals surface area contributed by atoms with Crippen molar-refractivity contribution < 1.29 is 8.42 Å². The topological polar surface area (TPSA) is 46.2 Å². The largest absolute Gasteiger partial charge is 0.300 e. The van der Waals surface area contributed by atoms with Gasteiger partial charge in [0.05, 0.1) is 0 Å². The Bertz CT molecular complexity index is 183. The molecule has 0 saturated carbocycles. The molecular formula is C4H8ClNO2S. The van der Waals surface area contributed by atoms with E-state index >= 15 is 0 Å². The molecule has 0 radical (unpaired) electrons. The summed E-state index contributed by atoms with van der Waals surface area (Å²) in [7, 11) is 1.71. The van der Waals surface area contributed by atoms with E-state index in [1.807, 2.05) is 0 Å². The fourth-order valence-corrected chi connectivity index (χ4v) is 2.11.